The summed E-state index contributed by atoms with van der Waals surface area (Å²) in [5.41, 5.74) is 0.447. The topological polar surface area (TPSA) is 81.7 Å². The minimum Gasteiger partial charge on any atom is -0.392 e. The van der Waals surface area contributed by atoms with Crippen LogP contribution in [0.25, 0.3) is 0 Å². The van der Waals surface area contributed by atoms with E-state index in [4.69, 9.17) is 0 Å². The lowest BCUT2D eigenvalue weighted by atomic mass is 9.71. The van der Waals surface area contributed by atoms with Crippen molar-refractivity contribution in [1.82, 2.24) is 15.5 Å². The van der Waals surface area contributed by atoms with E-state index >= 15 is 0 Å². The summed E-state index contributed by atoms with van der Waals surface area (Å²) >= 11 is 0. The van der Waals surface area contributed by atoms with Gasteiger partial charge in [0.1, 0.15) is 0 Å². The predicted molar refractivity (Wildman–Crippen MR) is 94.9 cm³/mol. The molecule has 2 aliphatic rings. The summed E-state index contributed by atoms with van der Waals surface area (Å²) in [5.74, 6) is -0.0980. The van der Waals surface area contributed by atoms with E-state index in [1.54, 1.807) is 0 Å². The summed E-state index contributed by atoms with van der Waals surface area (Å²) in [6.45, 7) is 2.64. The Labute approximate surface area is 148 Å². The fourth-order valence-corrected chi connectivity index (χ4v) is 3.91. The van der Waals surface area contributed by atoms with Crippen LogP contribution in [0.4, 0.5) is 0 Å². The molecule has 6 heteroatoms. The molecule has 2 amide bonds. The second kappa shape index (κ2) is 7.97. The van der Waals surface area contributed by atoms with Crippen LogP contribution < -0.4 is 10.6 Å². The monoisotopic (exact) mass is 345 g/mol. The second-order valence-corrected chi connectivity index (χ2v) is 7.12. The van der Waals surface area contributed by atoms with Crippen LogP contribution in [-0.2, 0) is 16.0 Å². The van der Waals surface area contributed by atoms with Crippen molar-refractivity contribution in [2.45, 2.75) is 31.8 Å². The van der Waals surface area contributed by atoms with E-state index in [2.05, 4.69) is 10.6 Å². The molecule has 0 bridgehead atoms. The molecule has 0 aromatic heterocycles. The van der Waals surface area contributed by atoms with Crippen molar-refractivity contribution in [3.05, 3.63) is 35.9 Å². The normalized spacial score (nSPS) is 27.1. The highest BCUT2D eigenvalue weighted by atomic mass is 16.3. The molecule has 0 saturated carbocycles. The number of likely N-dealkylation sites (tertiary alicyclic amines) is 1. The molecule has 2 aliphatic heterocycles. The van der Waals surface area contributed by atoms with Crippen molar-refractivity contribution in [1.29, 1.82) is 0 Å². The number of carbonyl (C=O) groups is 2. The number of aliphatic hydroxyl groups is 1. The highest BCUT2D eigenvalue weighted by Crippen LogP contribution is 2.37. The number of hydrogen-bond acceptors (Lipinski definition) is 4. The van der Waals surface area contributed by atoms with E-state index in [9.17, 15) is 14.7 Å². The molecule has 6 nitrogen and oxygen atoms in total. The smallest absolute Gasteiger partial charge is 0.234 e. The van der Waals surface area contributed by atoms with Crippen molar-refractivity contribution in [3.8, 4) is 0 Å². The minimum atomic E-state index is -0.749. The van der Waals surface area contributed by atoms with Crippen LogP contribution in [0.3, 0.4) is 0 Å². The number of benzene rings is 1. The highest BCUT2D eigenvalue weighted by Gasteiger charge is 2.49. The van der Waals surface area contributed by atoms with Crippen molar-refractivity contribution in [2.24, 2.45) is 5.41 Å². The molecule has 0 radical (unpaired) electrons. The van der Waals surface area contributed by atoms with Gasteiger partial charge in [0.05, 0.1) is 18.1 Å². The maximum absolute atomic E-state index is 12.3. The first kappa shape index (κ1) is 17.9. The van der Waals surface area contributed by atoms with Crippen molar-refractivity contribution >= 4 is 11.8 Å². The Bertz CT molecular complexity index is 607. The van der Waals surface area contributed by atoms with Gasteiger partial charge in [0.25, 0.3) is 0 Å². The number of amides is 2. The third kappa shape index (κ3) is 4.19. The van der Waals surface area contributed by atoms with E-state index in [-0.39, 0.29) is 18.4 Å². The lowest BCUT2D eigenvalue weighted by molar-refractivity contribution is -0.150. The highest BCUT2D eigenvalue weighted by molar-refractivity contribution is 5.84. The van der Waals surface area contributed by atoms with Gasteiger partial charge in [-0.2, -0.15) is 0 Å². The van der Waals surface area contributed by atoms with E-state index in [1.165, 1.54) is 5.56 Å². The number of aliphatic hydroxyl groups excluding tert-OH is 1. The van der Waals surface area contributed by atoms with Crippen molar-refractivity contribution < 1.29 is 14.7 Å². The molecular weight excluding hydrogens is 318 g/mol. The molecular formula is C19H27N3O3. The Kier molecular flexibility index (Phi) is 5.71. The maximum Gasteiger partial charge on any atom is 0.234 e. The lowest BCUT2D eigenvalue weighted by Crippen LogP contribution is -2.62. The van der Waals surface area contributed by atoms with Crippen LogP contribution in [-0.4, -0.2) is 60.6 Å². The lowest BCUT2D eigenvalue weighted by Gasteiger charge is -2.46. The van der Waals surface area contributed by atoms with Crippen LogP contribution >= 0.6 is 0 Å². The largest absolute Gasteiger partial charge is 0.392 e. The zero-order chi connectivity index (χ0) is 17.7. The Morgan fingerprint density at radius 1 is 1.36 bits per heavy atom. The van der Waals surface area contributed by atoms with Gasteiger partial charge < -0.3 is 15.7 Å². The Hall–Kier alpha value is -1.92. The van der Waals surface area contributed by atoms with Gasteiger partial charge in [0.15, 0.2) is 0 Å². The number of piperidine rings is 2. The van der Waals surface area contributed by atoms with Gasteiger partial charge in [-0.1, -0.05) is 30.3 Å². The van der Waals surface area contributed by atoms with Crippen LogP contribution in [0.1, 0.15) is 24.8 Å². The van der Waals surface area contributed by atoms with Crippen molar-refractivity contribution in [3.63, 3.8) is 0 Å². The molecule has 0 unspecified atom stereocenters. The van der Waals surface area contributed by atoms with Gasteiger partial charge in [-0.05, 0) is 31.2 Å². The SMILES string of the molecule is O=C(CN1CC[C@@H](O)[C@@]2(CCCNC2=O)C1)NCCc1ccccc1. The molecule has 1 spiro atoms. The van der Waals surface area contributed by atoms with Gasteiger partial charge in [0.2, 0.25) is 11.8 Å². The first-order valence-corrected chi connectivity index (χ1v) is 9.09. The fourth-order valence-electron chi connectivity index (χ4n) is 3.91. The van der Waals surface area contributed by atoms with Gasteiger partial charge in [0, 0.05) is 26.2 Å². The molecule has 2 heterocycles. The minimum absolute atomic E-state index is 0.0290. The Morgan fingerprint density at radius 2 is 2.16 bits per heavy atom. The molecule has 3 rings (SSSR count). The fraction of sp³-hybridized carbons (Fsp3) is 0.579. The number of hydrogen-bond donors (Lipinski definition) is 3. The van der Waals surface area contributed by atoms with E-state index in [1.807, 2.05) is 35.2 Å². The van der Waals surface area contributed by atoms with Crippen LogP contribution in [0.2, 0.25) is 0 Å². The number of carbonyl (C=O) groups excluding carboxylic acids is 2. The quantitative estimate of drug-likeness (QED) is 0.717. The summed E-state index contributed by atoms with van der Waals surface area (Å²) < 4.78 is 0. The molecule has 2 atom stereocenters. The molecule has 25 heavy (non-hydrogen) atoms. The number of nitrogens with zero attached hydrogens (tertiary/aromatic N) is 1. The Balaban J connectivity index is 1.49. The third-order valence-corrected chi connectivity index (χ3v) is 5.35. The van der Waals surface area contributed by atoms with Crippen LogP contribution in [0, 0.1) is 5.41 Å². The van der Waals surface area contributed by atoms with E-state index in [0.29, 0.717) is 39.0 Å². The molecule has 3 N–H and O–H groups in total. The second-order valence-electron chi connectivity index (χ2n) is 7.12. The van der Waals surface area contributed by atoms with Gasteiger partial charge in [-0.25, -0.2) is 0 Å². The molecule has 2 saturated heterocycles. The average molecular weight is 345 g/mol. The summed E-state index contributed by atoms with van der Waals surface area (Å²) in [5, 5.41) is 16.2. The number of nitrogens with one attached hydrogen (secondary N) is 2. The average Bonchev–Trinajstić information content (AvgIpc) is 2.61. The van der Waals surface area contributed by atoms with Gasteiger partial charge >= 0.3 is 0 Å². The number of rotatable bonds is 5. The Morgan fingerprint density at radius 3 is 2.92 bits per heavy atom. The summed E-state index contributed by atoms with van der Waals surface area (Å²) in [4.78, 5) is 26.6. The van der Waals surface area contributed by atoms with Crippen LogP contribution in [0.5, 0.6) is 0 Å². The van der Waals surface area contributed by atoms with Gasteiger partial charge in [-0.15, -0.1) is 0 Å². The predicted octanol–water partition coefficient (Wildman–Crippen LogP) is 0.308. The molecule has 136 valence electrons. The molecule has 0 aliphatic carbocycles. The van der Waals surface area contributed by atoms with E-state index < -0.39 is 11.5 Å². The zero-order valence-corrected chi connectivity index (χ0v) is 14.5. The molecule has 1 aromatic carbocycles. The summed E-state index contributed by atoms with van der Waals surface area (Å²) in [7, 11) is 0. The summed E-state index contributed by atoms with van der Waals surface area (Å²) in [6.07, 6.45) is 2.28. The maximum atomic E-state index is 12.3. The van der Waals surface area contributed by atoms with E-state index in [0.717, 1.165) is 12.8 Å². The third-order valence-electron chi connectivity index (χ3n) is 5.35. The summed E-state index contributed by atoms with van der Waals surface area (Å²) in [6, 6.07) is 10.0. The van der Waals surface area contributed by atoms with Crippen LogP contribution in [0.15, 0.2) is 30.3 Å². The zero-order valence-electron chi connectivity index (χ0n) is 14.5. The van der Waals surface area contributed by atoms with Crippen molar-refractivity contribution in [2.75, 3.05) is 32.7 Å². The first-order valence-electron chi connectivity index (χ1n) is 9.09. The van der Waals surface area contributed by atoms with Gasteiger partial charge in [-0.3, -0.25) is 14.5 Å². The molecule has 1 aromatic rings. The first-order chi connectivity index (χ1) is 12.1. The standard InChI is InChI=1S/C19H27N3O3/c23-16-8-12-22(14-19(16)9-4-10-21-18(19)25)13-17(24)20-11-7-15-5-2-1-3-6-15/h1-3,5-6,16,23H,4,7-14H2,(H,20,24)(H,21,25)/t16-,19-/m1/s1. The molecule has 2 fully saturated rings.